The Bertz CT molecular complexity index is 208. The lowest BCUT2D eigenvalue weighted by Gasteiger charge is -2.22. The highest BCUT2D eigenvalue weighted by molar-refractivity contribution is 5.76. The van der Waals surface area contributed by atoms with Crippen LogP contribution in [-0.2, 0) is 4.79 Å². The van der Waals surface area contributed by atoms with Crippen LogP contribution in [0.3, 0.4) is 0 Å². The molecule has 86 valence electrons. The van der Waals surface area contributed by atoms with Crippen molar-refractivity contribution in [3.63, 3.8) is 0 Å². The number of hydrogen-bond donors (Lipinski definition) is 2. The summed E-state index contributed by atoms with van der Waals surface area (Å²) in [5.41, 5.74) is 0. The number of carbonyl (C=O) groups is 1. The molecule has 0 aromatic heterocycles. The van der Waals surface area contributed by atoms with E-state index >= 15 is 0 Å². The van der Waals surface area contributed by atoms with E-state index in [4.69, 9.17) is 0 Å². The molecule has 0 unspecified atom stereocenters. The molecule has 2 rings (SSSR count). The maximum atomic E-state index is 11.4. The highest BCUT2D eigenvalue weighted by atomic mass is 16.1. The molecule has 3 nitrogen and oxygen atoms in total. The molecular formula is C12H22N2O. The maximum Gasteiger partial charge on any atom is 0.221 e. The van der Waals surface area contributed by atoms with Crippen molar-refractivity contribution in [3.8, 4) is 0 Å². The predicted octanol–water partition coefficient (Wildman–Crippen LogP) is 1.58. The first-order valence-corrected chi connectivity index (χ1v) is 6.37. The molecule has 3 heteroatoms. The molecule has 2 aliphatic rings. The van der Waals surface area contributed by atoms with E-state index in [0.29, 0.717) is 18.5 Å². The molecule has 0 aliphatic heterocycles. The molecule has 15 heavy (non-hydrogen) atoms. The first-order chi connectivity index (χ1) is 7.34. The summed E-state index contributed by atoms with van der Waals surface area (Å²) in [4.78, 5) is 11.4. The van der Waals surface area contributed by atoms with E-state index in [1.165, 1.54) is 44.9 Å². The van der Waals surface area contributed by atoms with Gasteiger partial charge in [-0.25, -0.2) is 0 Å². The Morgan fingerprint density at radius 1 is 1.00 bits per heavy atom. The van der Waals surface area contributed by atoms with Gasteiger partial charge >= 0.3 is 0 Å². The van der Waals surface area contributed by atoms with Crippen LogP contribution in [0.2, 0.25) is 0 Å². The molecule has 0 heterocycles. The van der Waals surface area contributed by atoms with E-state index in [0.717, 1.165) is 6.54 Å². The highest BCUT2D eigenvalue weighted by Gasteiger charge is 2.22. The average Bonchev–Trinajstić information content (AvgIpc) is 3.03. The lowest BCUT2D eigenvalue weighted by atomic mass is 9.95. The molecule has 0 radical (unpaired) electrons. The van der Waals surface area contributed by atoms with Crippen molar-refractivity contribution in [2.45, 2.75) is 63.5 Å². The Hall–Kier alpha value is -0.570. The summed E-state index contributed by atoms with van der Waals surface area (Å²) >= 11 is 0. The van der Waals surface area contributed by atoms with Crippen molar-refractivity contribution in [1.29, 1.82) is 0 Å². The summed E-state index contributed by atoms with van der Waals surface area (Å²) in [6.07, 6.45) is 9.70. The number of hydrogen-bond acceptors (Lipinski definition) is 2. The Balaban J connectivity index is 1.51. The number of rotatable bonds is 5. The van der Waals surface area contributed by atoms with Crippen LogP contribution in [0.1, 0.15) is 51.4 Å². The van der Waals surface area contributed by atoms with Gasteiger partial charge in [-0.3, -0.25) is 4.79 Å². The zero-order valence-electron chi connectivity index (χ0n) is 9.43. The van der Waals surface area contributed by atoms with Gasteiger partial charge in [0, 0.05) is 25.0 Å². The van der Waals surface area contributed by atoms with Crippen LogP contribution in [0.4, 0.5) is 0 Å². The second-order valence-electron chi connectivity index (χ2n) is 4.88. The lowest BCUT2D eigenvalue weighted by molar-refractivity contribution is -0.121. The van der Waals surface area contributed by atoms with Gasteiger partial charge in [-0.1, -0.05) is 19.3 Å². The smallest absolute Gasteiger partial charge is 0.221 e. The standard InChI is InChI=1S/C12H22N2O/c15-12(14-11-6-7-11)8-9-13-10-4-2-1-3-5-10/h10-11,13H,1-9H2,(H,14,15). The first kappa shape index (κ1) is 10.9. The molecule has 2 N–H and O–H groups in total. The molecule has 0 saturated heterocycles. The summed E-state index contributed by atoms with van der Waals surface area (Å²) < 4.78 is 0. The number of carbonyl (C=O) groups excluding carboxylic acids is 1. The van der Waals surface area contributed by atoms with Gasteiger partial charge in [0.15, 0.2) is 0 Å². The molecule has 0 atom stereocenters. The van der Waals surface area contributed by atoms with E-state index in [1.54, 1.807) is 0 Å². The Kier molecular flexibility index (Phi) is 4.01. The second-order valence-corrected chi connectivity index (χ2v) is 4.88. The molecule has 1 amide bonds. The van der Waals surface area contributed by atoms with Crippen molar-refractivity contribution < 1.29 is 4.79 Å². The van der Waals surface area contributed by atoms with E-state index in [1.807, 2.05) is 0 Å². The normalized spacial score (nSPS) is 22.7. The summed E-state index contributed by atoms with van der Waals surface area (Å²) in [6, 6.07) is 1.18. The van der Waals surface area contributed by atoms with Crippen LogP contribution in [-0.4, -0.2) is 24.5 Å². The molecule has 0 bridgehead atoms. The third-order valence-corrected chi connectivity index (χ3v) is 3.33. The summed E-state index contributed by atoms with van der Waals surface area (Å²) in [5.74, 6) is 0.223. The fourth-order valence-electron chi connectivity index (χ4n) is 2.22. The molecule has 2 saturated carbocycles. The van der Waals surface area contributed by atoms with Gasteiger partial charge in [0.05, 0.1) is 0 Å². The van der Waals surface area contributed by atoms with Crippen LogP contribution < -0.4 is 10.6 Å². The van der Waals surface area contributed by atoms with E-state index in [9.17, 15) is 4.79 Å². The Labute approximate surface area is 92.0 Å². The second kappa shape index (κ2) is 5.50. The summed E-state index contributed by atoms with van der Waals surface area (Å²) in [5, 5.41) is 6.50. The molecule has 2 aliphatic carbocycles. The minimum atomic E-state index is 0.223. The van der Waals surface area contributed by atoms with Gasteiger partial charge in [0.25, 0.3) is 0 Å². The third-order valence-electron chi connectivity index (χ3n) is 3.33. The Morgan fingerprint density at radius 2 is 1.73 bits per heavy atom. The maximum absolute atomic E-state index is 11.4. The molecule has 2 fully saturated rings. The van der Waals surface area contributed by atoms with Crippen LogP contribution in [0.25, 0.3) is 0 Å². The van der Waals surface area contributed by atoms with Crippen LogP contribution in [0.5, 0.6) is 0 Å². The number of nitrogens with one attached hydrogen (secondary N) is 2. The van der Waals surface area contributed by atoms with Crippen molar-refractivity contribution in [2.24, 2.45) is 0 Å². The van der Waals surface area contributed by atoms with Crippen molar-refractivity contribution in [3.05, 3.63) is 0 Å². The monoisotopic (exact) mass is 210 g/mol. The van der Waals surface area contributed by atoms with Gasteiger partial charge in [-0.15, -0.1) is 0 Å². The van der Waals surface area contributed by atoms with Crippen LogP contribution in [0.15, 0.2) is 0 Å². The molecular weight excluding hydrogens is 188 g/mol. The van der Waals surface area contributed by atoms with Gasteiger partial charge in [-0.2, -0.15) is 0 Å². The lowest BCUT2D eigenvalue weighted by Crippen LogP contribution is -2.35. The predicted molar refractivity (Wildman–Crippen MR) is 60.7 cm³/mol. The average molecular weight is 210 g/mol. The van der Waals surface area contributed by atoms with Crippen LogP contribution >= 0.6 is 0 Å². The minimum absolute atomic E-state index is 0.223. The number of amides is 1. The first-order valence-electron chi connectivity index (χ1n) is 6.37. The fraction of sp³-hybridized carbons (Fsp3) is 0.917. The highest BCUT2D eigenvalue weighted by Crippen LogP contribution is 2.19. The van der Waals surface area contributed by atoms with Gasteiger partial charge in [0.2, 0.25) is 5.91 Å². The van der Waals surface area contributed by atoms with Gasteiger partial charge < -0.3 is 10.6 Å². The molecule has 0 aromatic rings. The molecule has 0 spiro atoms. The third kappa shape index (κ3) is 4.20. The van der Waals surface area contributed by atoms with Gasteiger partial charge in [-0.05, 0) is 25.7 Å². The minimum Gasteiger partial charge on any atom is -0.353 e. The van der Waals surface area contributed by atoms with E-state index < -0.39 is 0 Å². The summed E-state index contributed by atoms with van der Waals surface area (Å²) in [7, 11) is 0. The van der Waals surface area contributed by atoms with Crippen LogP contribution in [0, 0.1) is 0 Å². The van der Waals surface area contributed by atoms with Gasteiger partial charge in [0.1, 0.15) is 0 Å². The zero-order chi connectivity index (χ0) is 10.5. The topological polar surface area (TPSA) is 41.1 Å². The van der Waals surface area contributed by atoms with E-state index in [2.05, 4.69) is 10.6 Å². The quantitative estimate of drug-likeness (QED) is 0.723. The van der Waals surface area contributed by atoms with E-state index in [-0.39, 0.29) is 5.91 Å². The summed E-state index contributed by atoms with van der Waals surface area (Å²) in [6.45, 7) is 0.850. The Morgan fingerprint density at radius 3 is 2.40 bits per heavy atom. The SMILES string of the molecule is O=C(CCNC1CCCCC1)NC1CC1. The van der Waals surface area contributed by atoms with Crippen molar-refractivity contribution in [2.75, 3.05) is 6.54 Å². The van der Waals surface area contributed by atoms with Crippen molar-refractivity contribution in [1.82, 2.24) is 10.6 Å². The largest absolute Gasteiger partial charge is 0.353 e. The zero-order valence-corrected chi connectivity index (χ0v) is 9.43. The molecule has 0 aromatic carbocycles. The fourth-order valence-corrected chi connectivity index (χ4v) is 2.22. The van der Waals surface area contributed by atoms with Crippen molar-refractivity contribution >= 4 is 5.91 Å².